The van der Waals surface area contributed by atoms with Gasteiger partial charge in [-0.3, -0.25) is 37.3 Å². The van der Waals surface area contributed by atoms with Crippen LogP contribution in [-0.4, -0.2) is 96.7 Å². The Kier molecular flexibility index (Phi) is 65.0. The highest BCUT2D eigenvalue weighted by atomic mass is 31.2. The van der Waals surface area contributed by atoms with Gasteiger partial charge in [-0.25, -0.2) is 9.13 Å². The van der Waals surface area contributed by atoms with Gasteiger partial charge in [0.1, 0.15) is 19.3 Å². The van der Waals surface area contributed by atoms with Crippen LogP contribution >= 0.6 is 15.6 Å². The minimum Gasteiger partial charge on any atom is -0.462 e. The van der Waals surface area contributed by atoms with E-state index in [-0.39, 0.29) is 25.7 Å². The average molecular weight is 1410 g/mol. The third-order valence-corrected chi connectivity index (χ3v) is 19.7. The van der Waals surface area contributed by atoms with E-state index in [1.807, 2.05) is 0 Å². The predicted molar refractivity (Wildman–Crippen MR) is 391 cm³/mol. The molecule has 0 aromatic carbocycles. The first-order chi connectivity index (χ1) is 46.1. The molecular formula is C77H150O17P2. The fourth-order valence-electron chi connectivity index (χ4n) is 11.7. The van der Waals surface area contributed by atoms with Crippen molar-refractivity contribution >= 4 is 39.5 Å². The van der Waals surface area contributed by atoms with Crippen LogP contribution in [0.3, 0.4) is 0 Å². The van der Waals surface area contributed by atoms with Gasteiger partial charge in [-0.15, -0.1) is 0 Å². The third kappa shape index (κ3) is 70.5. The van der Waals surface area contributed by atoms with Gasteiger partial charge in [0.25, 0.3) is 0 Å². The molecule has 3 unspecified atom stereocenters. The zero-order valence-electron chi connectivity index (χ0n) is 63.0. The van der Waals surface area contributed by atoms with Crippen molar-refractivity contribution in [1.82, 2.24) is 0 Å². The maximum Gasteiger partial charge on any atom is 0.472 e. The van der Waals surface area contributed by atoms with Gasteiger partial charge in [-0.1, -0.05) is 338 Å². The molecule has 0 rings (SSSR count). The Hall–Kier alpha value is -1.94. The van der Waals surface area contributed by atoms with E-state index >= 15 is 0 Å². The van der Waals surface area contributed by atoms with E-state index in [1.165, 1.54) is 193 Å². The van der Waals surface area contributed by atoms with Crippen molar-refractivity contribution in [3.05, 3.63) is 0 Å². The van der Waals surface area contributed by atoms with Crippen molar-refractivity contribution in [2.24, 2.45) is 23.7 Å². The number of unbranched alkanes of at least 4 members (excludes halogenated alkanes) is 40. The zero-order valence-corrected chi connectivity index (χ0v) is 64.8. The van der Waals surface area contributed by atoms with E-state index in [2.05, 4.69) is 55.4 Å². The second-order valence-corrected chi connectivity index (χ2v) is 32.6. The number of carbonyl (C=O) groups is 4. The molecule has 0 aliphatic heterocycles. The lowest BCUT2D eigenvalue weighted by Crippen LogP contribution is -2.30. The second kappa shape index (κ2) is 66.3. The number of hydrogen-bond donors (Lipinski definition) is 3. The molecule has 0 spiro atoms. The van der Waals surface area contributed by atoms with Crippen molar-refractivity contribution < 1.29 is 80.2 Å². The quantitative estimate of drug-likeness (QED) is 0.0222. The SMILES string of the molecule is CC(C)CCCCCCCCCCCCCCCCCC(=O)O[C@H](COC(=O)CCCCCCCCCCCCCC(C)C)COP(=O)(O)OCC(O)COP(=O)(O)OC[C@@H](COC(=O)CCCCCCCCCCC(C)C)OC(=O)CCCCCCCCCCCCC(C)C. The molecule has 0 amide bonds. The van der Waals surface area contributed by atoms with Crippen LogP contribution in [0.5, 0.6) is 0 Å². The Morgan fingerprint density at radius 1 is 0.260 bits per heavy atom. The summed E-state index contributed by atoms with van der Waals surface area (Å²) in [6.45, 7) is 14.2. The summed E-state index contributed by atoms with van der Waals surface area (Å²) in [4.78, 5) is 72.9. The summed E-state index contributed by atoms with van der Waals surface area (Å²) in [6, 6.07) is 0. The summed E-state index contributed by atoms with van der Waals surface area (Å²) < 4.78 is 68.6. The monoisotopic (exact) mass is 1410 g/mol. The topological polar surface area (TPSA) is 237 Å². The lowest BCUT2D eigenvalue weighted by atomic mass is 10.0. The number of phosphoric ester groups is 2. The Morgan fingerprint density at radius 3 is 0.646 bits per heavy atom. The number of hydrogen-bond acceptors (Lipinski definition) is 15. The van der Waals surface area contributed by atoms with Crippen molar-refractivity contribution in [2.45, 2.75) is 408 Å². The van der Waals surface area contributed by atoms with E-state index in [0.717, 1.165) is 114 Å². The summed E-state index contributed by atoms with van der Waals surface area (Å²) >= 11 is 0. The zero-order chi connectivity index (χ0) is 71.0. The third-order valence-electron chi connectivity index (χ3n) is 17.8. The Balaban J connectivity index is 5.26. The van der Waals surface area contributed by atoms with E-state index in [1.54, 1.807) is 0 Å². The van der Waals surface area contributed by atoms with Gasteiger partial charge in [-0.2, -0.15) is 0 Å². The molecule has 96 heavy (non-hydrogen) atoms. The molecule has 0 aliphatic carbocycles. The van der Waals surface area contributed by atoms with Crippen LogP contribution in [0, 0.1) is 23.7 Å². The van der Waals surface area contributed by atoms with Crippen LogP contribution < -0.4 is 0 Å². The van der Waals surface area contributed by atoms with Crippen LogP contribution in [0.1, 0.15) is 389 Å². The number of ether oxygens (including phenoxy) is 4. The lowest BCUT2D eigenvalue weighted by Gasteiger charge is -2.21. The number of esters is 4. The predicted octanol–water partition coefficient (Wildman–Crippen LogP) is 22.4. The maximum atomic E-state index is 13.1. The molecule has 0 aromatic heterocycles. The molecule has 5 atom stereocenters. The Labute approximate surface area is 588 Å². The maximum absolute atomic E-state index is 13.1. The van der Waals surface area contributed by atoms with E-state index in [4.69, 9.17) is 37.0 Å². The summed E-state index contributed by atoms with van der Waals surface area (Å²) in [5, 5.41) is 10.6. The minimum absolute atomic E-state index is 0.105. The summed E-state index contributed by atoms with van der Waals surface area (Å²) in [6.07, 6.45) is 51.3. The van der Waals surface area contributed by atoms with Crippen LogP contribution in [0.4, 0.5) is 0 Å². The molecule has 0 aliphatic rings. The molecule has 0 heterocycles. The highest BCUT2D eigenvalue weighted by Crippen LogP contribution is 2.45. The van der Waals surface area contributed by atoms with Crippen molar-refractivity contribution in [3.8, 4) is 0 Å². The van der Waals surface area contributed by atoms with E-state index in [9.17, 15) is 43.2 Å². The van der Waals surface area contributed by atoms with Crippen LogP contribution in [0.15, 0.2) is 0 Å². The highest BCUT2D eigenvalue weighted by molar-refractivity contribution is 7.47. The fourth-order valence-corrected chi connectivity index (χ4v) is 13.3. The van der Waals surface area contributed by atoms with Gasteiger partial charge in [0.2, 0.25) is 0 Å². The Bertz CT molecular complexity index is 1880. The summed E-state index contributed by atoms with van der Waals surface area (Å²) in [5.41, 5.74) is 0. The molecule has 0 aromatic rings. The van der Waals surface area contributed by atoms with Gasteiger partial charge in [-0.05, 0) is 49.4 Å². The number of rotatable bonds is 74. The Morgan fingerprint density at radius 2 is 0.438 bits per heavy atom. The summed E-state index contributed by atoms with van der Waals surface area (Å²) in [5.74, 6) is 0.933. The average Bonchev–Trinajstić information content (AvgIpc) is 1.21. The van der Waals surface area contributed by atoms with Crippen LogP contribution in [0.25, 0.3) is 0 Å². The molecule has 570 valence electrons. The molecule has 0 saturated carbocycles. The number of aliphatic hydroxyl groups excluding tert-OH is 1. The van der Waals surface area contributed by atoms with Gasteiger partial charge < -0.3 is 33.8 Å². The molecule has 19 heteroatoms. The van der Waals surface area contributed by atoms with Crippen molar-refractivity contribution in [3.63, 3.8) is 0 Å². The van der Waals surface area contributed by atoms with Gasteiger partial charge in [0.05, 0.1) is 26.4 Å². The largest absolute Gasteiger partial charge is 0.472 e. The van der Waals surface area contributed by atoms with Gasteiger partial charge >= 0.3 is 39.5 Å². The van der Waals surface area contributed by atoms with E-state index < -0.39 is 97.5 Å². The fraction of sp³-hybridized carbons (Fsp3) is 0.948. The summed E-state index contributed by atoms with van der Waals surface area (Å²) in [7, 11) is -9.92. The number of phosphoric acid groups is 2. The van der Waals surface area contributed by atoms with Crippen molar-refractivity contribution in [2.75, 3.05) is 39.6 Å². The molecule has 0 saturated heterocycles. The van der Waals surface area contributed by atoms with Gasteiger partial charge in [0.15, 0.2) is 12.2 Å². The second-order valence-electron chi connectivity index (χ2n) is 29.7. The highest BCUT2D eigenvalue weighted by Gasteiger charge is 2.30. The first-order valence-corrected chi connectivity index (χ1v) is 42.7. The molecule has 0 fully saturated rings. The first-order valence-electron chi connectivity index (χ1n) is 39.7. The van der Waals surface area contributed by atoms with Crippen LogP contribution in [-0.2, 0) is 65.4 Å². The number of aliphatic hydroxyl groups is 1. The number of carbonyl (C=O) groups excluding carboxylic acids is 4. The first kappa shape index (κ1) is 94.1. The van der Waals surface area contributed by atoms with Gasteiger partial charge in [0, 0.05) is 25.7 Å². The molecule has 0 radical (unpaired) electrons. The molecular weight excluding hydrogens is 1260 g/mol. The van der Waals surface area contributed by atoms with Crippen LogP contribution in [0.2, 0.25) is 0 Å². The van der Waals surface area contributed by atoms with E-state index in [0.29, 0.717) is 25.7 Å². The lowest BCUT2D eigenvalue weighted by molar-refractivity contribution is -0.161. The minimum atomic E-state index is -4.96. The van der Waals surface area contributed by atoms with Crippen molar-refractivity contribution in [1.29, 1.82) is 0 Å². The normalized spacial score (nSPS) is 14.1. The smallest absolute Gasteiger partial charge is 0.462 e. The molecule has 17 nitrogen and oxygen atoms in total. The molecule has 0 bridgehead atoms. The molecule has 3 N–H and O–H groups in total. The standard InChI is InChI=1S/C77H150O17P2/c1-67(2)53-45-37-29-21-15-12-10-9-11-13-17-25-35-43-51-59-76(81)93-72(63-87-74(79)57-49-41-33-24-18-14-16-22-30-38-46-54-68(3)4)65-91-95(83,84)89-61-71(78)62-90-96(85,86)92-66-73(64-88-75(80)58-50-42-34-28-27-32-40-48-56-70(7)8)94-77(82)60-52-44-36-26-20-19-23-31-39-47-55-69(5)6/h67-73,78H,9-66H2,1-8H3,(H,83,84)(H,85,86)/t71?,72-,73-/m1/s1.